The van der Waals surface area contributed by atoms with Gasteiger partial charge in [-0.3, -0.25) is 0 Å². The van der Waals surface area contributed by atoms with Crippen molar-refractivity contribution < 1.29 is 0 Å². The highest BCUT2D eigenvalue weighted by molar-refractivity contribution is 7.26. The monoisotopic (exact) mass is 873 g/mol. The second kappa shape index (κ2) is 14.1. The van der Waals surface area contributed by atoms with Crippen LogP contribution in [0.1, 0.15) is 161 Å². The van der Waals surface area contributed by atoms with Gasteiger partial charge >= 0.3 is 0 Å². The zero-order valence-corrected chi connectivity index (χ0v) is 42.4. The molecule has 0 bridgehead atoms. The molecule has 2 heterocycles. The van der Waals surface area contributed by atoms with Crippen LogP contribution in [0.25, 0.3) is 31.3 Å². The predicted octanol–water partition coefficient (Wildman–Crippen LogP) is 16.0. The minimum Gasteiger partial charge on any atom is -0.355 e. The van der Waals surface area contributed by atoms with Crippen molar-refractivity contribution in [3.05, 3.63) is 136 Å². The number of benzene rings is 6. The summed E-state index contributed by atoms with van der Waals surface area (Å²) < 4.78 is 2.69. The van der Waals surface area contributed by atoms with Crippen LogP contribution in [0.4, 0.5) is 28.4 Å². The Hall–Kier alpha value is -4.80. The minimum absolute atomic E-state index is 0.0982. The number of rotatable bonds is 4. The highest BCUT2D eigenvalue weighted by Crippen LogP contribution is 2.53. The highest BCUT2D eigenvalue weighted by atomic mass is 32.1. The molecule has 6 aromatic carbocycles. The number of hydrogen-bond donors (Lipinski definition) is 1. The van der Waals surface area contributed by atoms with Crippen LogP contribution in [0.2, 0.25) is 0 Å². The lowest BCUT2D eigenvalue weighted by atomic mass is 9.55. The van der Waals surface area contributed by atoms with Crippen molar-refractivity contribution in [3.63, 3.8) is 0 Å². The molecule has 0 spiro atoms. The van der Waals surface area contributed by atoms with Gasteiger partial charge in [-0.1, -0.05) is 137 Å². The highest BCUT2D eigenvalue weighted by Gasteiger charge is 2.42. The molecule has 332 valence electrons. The standard InChI is InChI=1S/C61H69BN2S/c1-36-30-41(53-49(23-20-40-39-16-14-15-17-52(39)65-55(40)53)63-37-18-21-42-44(32-37)58(6,7)26-24-56(42,2)3)54-51(31-36)64(38-19-22-43-45(33-38)59(8,9)27-25-57(43,4)5)50-35-47-46(34-48(50)62-54)60(10,11)28-29-61(47,12)13/h14-23,30-35,62-63H,24-29H2,1-13H3. The Kier molecular flexibility index (Phi) is 9.30. The largest absolute Gasteiger partial charge is 0.355 e. The van der Waals surface area contributed by atoms with Crippen molar-refractivity contribution in [3.8, 4) is 11.1 Å². The summed E-state index contributed by atoms with van der Waals surface area (Å²) >= 11 is 1.95. The third-order valence-corrected chi connectivity index (χ3v) is 18.5. The Bertz CT molecular complexity index is 3130. The first-order valence-corrected chi connectivity index (χ1v) is 25.5. The molecular formula is C61H69BN2S. The third-order valence-electron chi connectivity index (χ3n) is 17.3. The van der Waals surface area contributed by atoms with Crippen molar-refractivity contribution in [2.75, 3.05) is 10.2 Å². The van der Waals surface area contributed by atoms with E-state index in [1.807, 2.05) is 11.3 Å². The maximum Gasteiger partial charge on any atom is 0.198 e. The zero-order valence-electron chi connectivity index (χ0n) is 41.5. The van der Waals surface area contributed by atoms with E-state index in [4.69, 9.17) is 0 Å². The Morgan fingerprint density at radius 2 is 1.06 bits per heavy atom. The fraction of sp³-hybridized carbons (Fsp3) is 0.410. The summed E-state index contributed by atoms with van der Waals surface area (Å²) in [6.45, 7) is 31.8. The topological polar surface area (TPSA) is 15.3 Å². The number of fused-ring (bicyclic) bond motifs is 8. The normalized spacial score (nSPS) is 20.2. The molecule has 4 aliphatic rings. The Balaban J connectivity index is 1.18. The lowest BCUT2D eigenvalue weighted by molar-refractivity contribution is 0.332. The quantitative estimate of drug-likeness (QED) is 0.177. The molecule has 0 saturated heterocycles. The molecular weight excluding hydrogens is 804 g/mol. The molecule has 0 saturated carbocycles. The predicted molar refractivity (Wildman–Crippen MR) is 286 cm³/mol. The van der Waals surface area contributed by atoms with Crippen LogP contribution in [-0.4, -0.2) is 7.28 Å². The van der Waals surface area contributed by atoms with E-state index >= 15 is 0 Å². The molecule has 1 aromatic heterocycles. The maximum absolute atomic E-state index is 4.12. The van der Waals surface area contributed by atoms with Gasteiger partial charge in [0.05, 0.1) is 0 Å². The second-order valence-electron chi connectivity index (χ2n) is 24.7. The van der Waals surface area contributed by atoms with E-state index in [-0.39, 0.29) is 32.5 Å². The summed E-state index contributed by atoms with van der Waals surface area (Å²) in [7, 11) is 0.882. The number of thiophene rings is 1. The molecule has 0 unspecified atom stereocenters. The molecule has 0 fully saturated rings. The molecule has 2 nitrogen and oxygen atoms in total. The molecule has 1 aliphatic heterocycles. The van der Waals surface area contributed by atoms with Crippen molar-refractivity contribution in [2.24, 2.45) is 0 Å². The fourth-order valence-corrected chi connectivity index (χ4v) is 14.0. The van der Waals surface area contributed by atoms with Crippen LogP contribution in [0.5, 0.6) is 0 Å². The Labute approximate surface area is 394 Å². The van der Waals surface area contributed by atoms with Crippen molar-refractivity contribution in [2.45, 2.75) is 161 Å². The van der Waals surface area contributed by atoms with Gasteiger partial charge in [0, 0.05) is 54.2 Å². The number of nitrogens with zero attached hydrogens (tertiary/aromatic N) is 1. The summed E-state index contributed by atoms with van der Waals surface area (Å²) in [5.74, 6) is 0. The number of anilines is 5. The maximum atomic E-state index is 4.12. The SMILES string of the molecule is Cc1cc(-c2c(Nc3ccc4c(c3)C(C)(C)CCC4(C)C)ccc3c2sc2ccccc23)c2c(c1)N(c1ccc3c(c1)C(C)(C)CCC3(C)C)c1cc3c(cc1B2)C(C)(C)CCC3(C)C. The zero-order chi connectivity index (χ0) is 45.8. The molecule has 0 atom stereocenters. The van der Waals surface area contributed by atoms with Gasteiger partial charge in [0.25, 0.3) is 0 Å². The molecule has 7 aromatic rings. The Morgan fingerprint density at radius 3 is 1.71 bits per heavy atom. The molecule has 65 heavy (non-hydrogen) atoms. The van der Waals surface area contributed by atoms with Crippen LogP contribution >= 0.6 is 11.3 Å². The smallest absolute Gasteiger partial charge is 0.198 e. The van der Waals surface area contributed by atoms with E-state index in [1.54, 1.807) is 0 Å². The van der Waals surface area contributed by atoms with Gasteiger partial charge in [0.2, 0.25) is 0 Å². The first-order chi connectivity index (χ1) is 30.5. The minimum atomic E-state index is 0.0982. The average Bonchev–Trinajstić information content (AvgIpc) is 3.63. The van der Waals surface area contributed by atoms with Gasteiger partial charge in [-0.25, -0.2) is 0 Å². The fourth-order valence-electron chi connectivity index (χ4n) is 12.7. The Morgan fingerprint density at radius 1 is 0.508 bits per heavy atom. The van der Waals surface area contributed by atoms with Crippen LogP contribution < -0.4 is 21.1 Å². The summed E-state index contributed by atoms with van der Waals surface area (Å²) in [5, 5.41) is 6.79. The van der Waals surface area contributed by atoms with E-state index in [0.717, 1.165) is 7.28 Å². The van der Waals surface area contributed by atoms with Crippen molar-refractivity contribution in [1.29, 1.82) is 0 Å². The van der Waals surface area contributed by atoms with E-state index in [2.05, 4.69) is 197 Å². The summed E-state index contributed by atoms with van der Waals surface area (Å²) in [6.07, 6.45) is 7.21. The van der Waals surface area contributed by atoms with Crippen LogP contribution in [0.3, 0.4) is 0 Å². The average molecular weight is 873 g/mol. The number of nitrogens with one attached hydrogen (secondary N) is 1. The first-order valence-electron chi connectivity index (χ1n) is 24.7. The second-order valence-corrected chi connectivity index (χ2v) is 25.8. The molecule has 3 aliphatic carbocycles. The van der Waals surface area contributed by atoms with E-state index in [9.17, 15) is 0 Å². The molecule has 4 heteroatoms. The molecule has 11 rings (SSSR count). The lowest BCUT2D eigenvalue weighted by Gasteiger charge is -2.45. The van der Waals surface area contributed by atoms with Crippen LogP contribution in [0, 0.1) is 6.92 Å². The van der Waals surface area contributed by atoms with Gasteiger partial charge in [-0.05, 0) is 176 Å². The summed E-state index contributed by atoms with van der Waals surface area (Å²) in [5.41, 5.74) is 22.9. The van der Waals surface area contributed by atoms with Crippen molar-refractivity contribution in [1.82, 2.24) is 0 Å². The number of hydrogen-bond acceptors (Lipinski definition) is 3. The van der Waals surface area contributed by atoms with Gasteiger partial charge < -0.3 is 10.2 Å². The van der Waals surface area contributed by atoms with Crippen LogP contribution in [-0.2, 0) is 32.5 Å². The van der Waals surface area contributed by atoms with Gasteiger partial charge in [-0.2, -0.15) is 0 Å². The molecule has 1 N–H and O–H groups in total. The van der Waals surface area contributed by atoms with Crippen LogP contribution in [0.15, 0.2) is 97.1 Å². The van der Waals surface area contributed by atoms with Gasteiger partial charge in [0.1, 0.15) is 0 Å². The van der Waals surface area contributed by atoms with Crippen molar-refractivity contribution >= 4 is 78.2 Å². The van der Waals surface area contributed by atoms with Gasteiger partial charge in [-0.15, -0.1) is 11.3 Å². The lowest BCUT2D eigenvalue weighted by Crippen LogP contribution is -2.44. The number of aryl methyl sites for hydroxylation is 1. The van der Waals surface area contributed by atoms with Gasteiger partial charge in [0.15, 0.2) is 7.28 Å². The third kappa shape index (κ3) is 6.69. The van der Waals surface area contributed by atoms with E-state index < -0.39 is 0 Å². The summed E-state index contributed by atoms with van der Waals surface area (Å²) in [4.78, 5) is 2.69. The first kappa shape index (κ1) is 42.8. The summed E-state index contributed by atoms with van der Waals surface area (Å²) in [6, 6.07) is 38.8. The van der Waals surface area contributed by atoms with E-state index in [1.165, 1.54) is 148 Å². The molecule has 0 radical (unpaired) electrons. The van der Waals surface area contributed by atoms with E-state index in [0.29, 0.717) is 0 Å². The molecule has 0 amide bonds.